The molecule has 3 aromatic rings. The summed E-state index contributed by atoms with van der Waals surface area (Å²) in [5.41, 5.74) is 6.58. The maximum absolute atomic E-state index is 13.3. The van der Waals surface area contributed by atoms with Gasteiger partial charge in [-0.15, -0.1) is 22.7 Å². The number of rotatable bonds is 2. The molecule has 0 amide bonds. The van der Waals surface area contributed by atoms with Crippen LogP contribution in [-0.4, -0.2) is 10.5 Å². The minimum absolute atomic E-state index is 0.0888. The largest absolute Gasteiger partial charge is 0.396 e. The van der Waals surface area contributed by atoms with Crippen LogP contribution in [0, 0.1) is 36.5 Å². The fourth-order valence-corrected chi connectivity index (χ4v) is 6.14. The molecule has 1 aliphatic heterocycles. The van der Waals surface area contributed by atoms with Gasteiger partial charge in [0.05, 0.1) is 11.0 Å². The van der Waals surface area contributed by atoms with Crippen LogP contribution in [0.1, 0.15) is 35.2 Å². The van der Waals surface area contributed by atoms with Crippen molar-refractivity contribution in [3.63, 3.8) is 0 Å². The Morgan fingerprint density at radius 3 is 2.39 bits per heavy atom. The minimum atomic E-state index is -0.559. The Bertz CT molecular complexity index is 1330. The Morgan fingerprint density at radius 2 is 1.82 bits per heavy atom. The van der Waals surface area contributed by atoms with Crippen molar-refractivity contribution in [3.05, 3.63) is 60.0 Å². The van der Waals surface area contributed by atoms with Crippen LogP contribution in [0.5, 0.6) is 0 Å². The number of aromatic nitrogens is 1. The number of nitrogens with two attached hydrogens (primary N) is 1. The first kappa shape index (κ1) is 18.6. The Balaban J connectivity index is 2.04. The van der Waals surface area contributed by atoms with Gasteiger partial charge in [0.1, 0.15) is 22.3 Å². The lowest BCUT2D eigenvalue weighted by atomic mass is 10.2. The number of nitriles is 2. The van der Waals surface area contributed by atoms with Gasteiger partial charge in [0.15, 0.2) is 5.69 Å². The fraction of sp³-hybridized carbons (Fsp3) is 0.150. The predicted octanol–water partition coefficient (Wildman–Crippen LogP) is 3.27. The van der Waals surface area contributed by atoms with Crippen molar-refractivity contribution < 1.29 is 4.79 Å². The normalized spacial score (nSPS) is 16.7. The van der Waals surface area contributed by atoms with Gasteiger partial charge >= 0.3 is 0 Å². The van der Waals surface area contributed by atoms with Gasteiger partial charge in [-0.05, 0) is 44.2 Å². The number of nitrogen functional groups attached to an aromatic ring is 1. The van der Waals surface area contributed by atoms with Gasteiger partial charge < -0.3 is 5.73 Å². The molecule has 0 aromatic carbocycles. The minimum Gasteiger partial charge on any atom is -0.396 e. The third-order valence-electron chi connectivity index (χ3n) is 4.42. The van der Waals surface area contributed by atoms with Gasteiger partial charge in [0.25, 0.3) is 5.91 Å². The molecular weight excluding hydrogens is 408 g/mol. The number of nitrogens with zero attached hydrogens (tertiary/aromatic N) is 3. The third-order valence-corrected chi connectivity index (χ3v) is 7.79. The number of carbonyl (C=O) groups is 1. The summed E-state index contributed by atoms with van der Waals surface area (Å²) in [5.74, 6) is -0.244. The zero-order valence-electron chi connectivity index (χ0n) is 15.0. The first-order chi connectivity index (χ1) is 13.4. The molecule has 0 saturated heterocycles. The van der Waals surface area contributed by atoms with Crippen molar-refractivity contribution in [3.8, 4) is 12.1 Å². The smallest absolute Gasteiger partial charge is 0.251 e. The van der Waals surface area contributed by atoms with Crippen molar-refractivity contribution in [2.24, 2.45) is 0 Å². The van der Waals surface area contributed by atoms with Crippen LogP contribution >= 0.6 is 34.4 Å². The maximum atomic E-state index is 13.3. The molecule has 3 aromatic heterocycles. The summed E-state index contributed by atoms with van der Waals surface area (Å²) < 4.78 is 1.33. The number of fused-ring (bicyclic) bond motifs is 1. The molecule has 1 unspecified atom stereocenters. The van der Waals surface area contributed by atoms with Gasteiger partial charge in [-0.25, -0.2) is 0 Å². The molecule has 28 heavy (non-hydrogen) atoms. The van der Waals surface area contributed by atoms with Gasteiger partial charge in [0.2, 0.25) is 0 Å². The summed E-state index contributed by atoms with van der Waals surface area (Å²) in [7, 11) is 0. The summed E-state index contributed by atoms with van der Waals surface area (Å²) in [6, 6.07) is 12.1. The average molecular weight is 423 g/mol. The first-order valence-corrected chi connectivity index (χ1v) is 10.9. The molecule has 0 saturated carbocycles. The summed E-state index contributed by atoms with van der Waals surface area (Å²) >= 11 is 4.33. The molecule has 0 radical (unpaired) electrons. The highest BCUT2D eigenvalue weighted by atomic mass is 32.2. The second-order valence-electron chi connectivity index (χ2n) is 6.29. The molecule has 8 heteroatoms. The van der Waals surface area contributed by atoms with Gasteiger partial charge in [-0.2, -0.15) is 10.5 Å². The van der Waals surface area contributed by atoms with E-state index in [-0.39, 0.29) is 17.3 Å². The van der Waals surface area contributed by atoms with Gasteiger partial charge in [-0.1, -0.05) is 11.8 Å². The second-order valence-corrected chi connectivity index (χ2v) is 10.0. The molecule has 5 nitrogen and oxygen atoms in total. The molecule has 1 aliphatic rings. The number of aryl methyl sites for hydroxylation is 2. The molecule has 0 fully saturated rings. The molecule has 138 valence electrons. The highest BCUT2D eigenvalue weighted by Gasteiger charge is 2.34. The lowest BCUT2D eigenvalue weighted by Gasteiger charge is -2.19. The average Bonchev–Trinajstić information content (AvgIpc) is 3.35. The Kier molecular flexibility index (Phi) is 4.64. The van der Waals surface area contributed by atoms with E-state index >= 15 is 0 Å². The van der Waals surface area contributed by atoms with Crippen molar-refractivity contribution in [1.82, 2.24) is 4.57 Å². The van der Waals surface area contributed by atoms with E-state index in [1.54, 1.807) is 11.3 Å². The maximum Gasteiger partial charge on any atom is 0.251 e. The topological polar surface area (TPSA) is 95.6 Å². The van der Waals surface area contributed by atoms with E-state index in [4.69, 9.17) is 5.73 Å². The summed E-state index contributed by atoms with van der Waals surface area (Å²) in [6.45, 7) is 3.97. The van der Waals surface area contributed by atoms with E-state index in [2.05, 4.69) is 12.1 Å². The van der Waals surface area contributed by atoms with E-state index in [1.165, 1.54) is 27.7 Å². The van der Waals surface area contributed by atoms with E-state index in [1.807, 2.05) is 44.2 Å². The van der Waals surface area contributed by atoms with Crippen LogP contribution in [0.2, 0.25) is 0 Å². The second kappa shape index (κ2) is 6.99. The molecule has 4 rings (SSSR count). The standard InChI is InChI=1S/C20H14N4OS3/c1-10-3-5-12(26-10)7-13-17(23)14(8-21)24-18(13)16(9-22)28-19(20(24)25)15-6-4-11(2)27-15/h3-7,19H,23H2,1-2H3/b13-7+. The number of thiophene rings is 2. The number of hydrogen-bond acceptors (Lipinski definition) is 7. The third kappa shape index (κ3) is 2.87. The molecular formula is C20H14N4OS3. The number of anilines is 1. The van der Waals surface area contributed by atoms with Crippen molar-refractivity contribution in [1.29, 1.82) is 10.5 Å². The quantitative estimate of drug-likeness (QED) is 0.684. The molecule has 0 spiro atoms. The van der Waals surface area contributed by atoms with Crippen LogP contribution in [0.25, 0.3) is 11.0 Å². The van der Waals surface area contributed by atoms with Crippen LogP contribution in [-0.2, 0) is 0 Å². The lowest BCUT2D eigenvalue weighted by Crippen LogP contribution is -2.40. The van der Waals surface area contributed by atoms with Crippen LogP contribution in [0.4, 0.5) is 5.69 Å². The van der Waals surface area contributed by atoms with Crippen molar-refractivity contribution >= 4 is 57.0 Å². The highest BCUT2D eigenvalue weighted by Crippen LogP contribution is 2.41. The van der Waals surface area contributed by atoms with E-state index in [0.29, 0.717) is 15.5 Å². The zero-order valence-corrected chi connectivity index (χ0v) is 17.5. The number of thioether (sulfide) groups is 1. The molecule has 2 N–H and O–H groups in total. The molecule has 1 atom stereocenters. The summed E-state index contributed by atoms with van der Waals surface area (Å²) in [4.78, 5) is 17.7. The molecule has 0 bridgehead atoms. The Labute approximate surface area is 173 Å². The first-order valence-electron chi connectivity index (χ1n) is 8.34. The van der Waals surface area contributed by atoms with Gasteiger partial charge in [-0.3, -0.25) is 9.36 Å². The summed E-state index contributed by atoms with van der Waals surface area (Å²) in [5, 5.41) is 19.9. The Morgan fingerprint density at radius 1 is 1.11 bits per heavy atom. The highest BCUT2D eigenvalue weighted by molar-refractivity contribution is 8.09. The monoisotopic (exact) mass is 422 g/mol. The van der Waals surface area contributed by atoms with E-state index in [0.717, 1.165) is 19.5 Å². The zero-order chi connectivity index (χ0) is 20.0. The number of carbonyl (C=O) groups excluding carboxylic acids is 1. The fourth-order valence-electron chi connectivity index (χ4n) is 3.18. The van der Waals surface area contributed by atoms with Crippen LogP contribution in [0.3, 0.4) is 0 Å². The van der Waals surface area contributed by atoms with Crippen molar-refractivity contribution in [2.75, 3.05) is 5.73 Å². The van der Waals surface area contributed by atoms with E-state index in [9.17, 15) is 15.3 Å². The molecule has 0 aliphatic carbocycles. The Hall–Kier alpha value is -2.78. The predicted molar refractivity (Wildman–Crippen MR) is 114 cm³/mol. The lowest BCUT2D eigenvalue weighted by molar-refractivity contribution is 0.0906. The SMILES string of the molecule is Cc1ccc(/C=c2\c(N)c(C#N)n3c2=C(C#N)SC(c2ccc(C)s2)C3=O)s1. The van der Waals surface area contributed by atoms with Crippen molar-refractivity contribution in [2.45, 2.75) is 19.1 Å². The number of hydrogen-bond donors (Lipinski definition) is 1. The van der Waals surface area contributed by atoms with Crippen LogP contribution in [0.15, 0.2) is 24.3 Å². The van der Waals surface area contributed by atoms with E-state index < -0.39 is 5.25 Å². The van der Waals surface area contributed by atoms with Gasteiger partial charge in [0, 0.05) is 24.7 Å². The van der Waals surface area contributed by atoms with Crippen LogP contribution < -0.4 is 16.3 Å². The molecule has 4 heterocycles. The summed E-state index contributed by atoms with van der Waals surface area (Å²) in [6.07, 6.45) is 1.85.